The maximum atomic E-state index is 7.88. The Bertz CT molecular complexity index is 14.4. The van der Waals surface area contributed by atoms with Gasteiger partial charge in [-0.2, -0.15) is 0 Å². The van der Waals surface area contributed by atoms with Crippen molar-refractivity contribution in [2.75, 3.05) is 0 Å². The van der Waals surface area contributed by atoms with E-state index < -0.39 is 0 Å². The quantitative estimate of drug-likeness (QED) is 0.175. The predicted molar refractivity (Wildman–Crippen MR) is 18.3 cm³/mol. The molecule has 0 rings (SSSR count). The van der Waals surface area contributed by atoms with E-state index in [1.807, 2.05) is 0 Å². The third-order valence-corrected chi connectivity index (χ3v) is 0. The molecular formula is ClNaO3. The van der Waals surface area contributed by atoms with Crippen LogP contribution in [0.25, 0.3) is 0 Å². The monoisotopic (exact) mass is 106 g/mol. The molecule has 0 saturated carbocycles. The van der Waals surface area contributed by atoms with Gasteiger partial charge in [0.2, 0.25) is 0 Å². The second-order valence-electron chi connectivity index (χ2n) is 0.0680. The van der Waals surface area contributed by atoms with E-state index >= 15 is 0 Å². The average molecular weight is 106 g/mol. The molecule has 5 heavy (non-hydrogen) atoms. The van der Waals surface area contributed by atoms with E-state index in [2.05, 4.69) is 0 Å². The van der Waals surface area contributed by atoms with E-state index in [1.54, 1.807) is 4.75 Å². The van der Waals surface area contributed by atoms with E-state index in [-0.39, 0.29) is 0 Å². The van der Waals surface area contributed by atoms with Gasteiger partial charge in [0, 0.05) is 0 Å². The van der Waals surface area contributed by atoms with Crippen molar-refractivity contribution < 1.29 is 5.26 Å². The second kappa shape index (κ2) is 22.4. The van der Waals surface area contributed by atoms with Gasteiger partial charge in [-0.1, -0.05) is 10.2 Å². The first kappa shape index (κ1) is 9.19. The number of halogens is 1. The van der Waals surface area contributed by atoms with Gasteiger partial charge in [0.1, 0.15) is 0 Å². The zero-order valence-electron chi connectivity index (χ0n) is 2.60. The Morgan fingerprint density at radius 2 is 1.80 bits per heavy atom. The fraction of sp³-hybridized carbons (Fsp3) is 0. The molecule has 0 spiro atoms. The van der Waals surface area contributed by atoms with Crippen LogP contribution in [-0.2, 0) is 0 Å². The van der Waals surface area contributed by atoms with E-state index in [0.717, 1.165) is 26.6 Å². The van der Waals surface area contributed by atoms with Crippen molar-refractivity contribution in [1.29, 1.82) is 0 Å². The molecular weight excluding hydrogens is 106 g/mol. The van der Waals surface area contributed by atoms with Gasteiger partial charge in [0.15, 0.2) is 4.75 Å². The molecule has 0 heterocycles. The van der Waals surface area contributed by atoms with Crippen LogP contribution in [-0.4, -0.2) is 26.6 Å². The number of hydrogen-bond donors (Lipinski definition) is 0. The van der Waals surface area contributed by atoms with Crippen LogP contribution >= 0.6 is 7.91 Å². The molecule has 5 heteroatoms. The first-order valence-corrected chi connectivity index (χ1v) is 3.74. The molecule has 0 radical (unpaired) electrons. The summed E-state index contributed by atoms with van der Waals surface area (Å²) in [7, 11) is 4.78. The fourth-order valence-electron chi connectivity index (χ4n) is 0. The van der Waals surface area contributed by atoms with Gasteiger partial charge < -0.3 is 0 Å². The van der Waals surface area contributed by atoms with Gasteiger partial charge >= 0.3 is 34.6 Å². The van der Waals surface area contributed by atoms with Gasteiger partial charge in [0.05, 0.1) is 0 Å². The Morgan fingerprint density at radius 3 is 1.80 bits per heavy atom. The fourth-order valence-corrected chi connectivity index (χ4v) is 0. The molecule has 0 aromatic carbocycles. The van der Waals surface area contributed by atoms with E-state index in [9.17, 15) is 0 Å². The zero-order valence-corrected chi connectivity index (χ0v) is 5.36. The molecule has 26 valence electrons. The predicted octanol–water partition coefficient (Wildman–Crippen LogP) is -0.813. The number of rotatable bonds is 0. The van der Waals surface area contributed by atoms with Crippen molar-refractivity contribution in [2.24, 2.45) is 0 Å². The normalized spacial score (nSPS) is 3.80. The summed E-state index contributed by atoms with van der Waals surface area (Å²) < 4.78 is 1.75. The van der Waals surface area contributed by atoms with Crippen LogP contribution in [0.4, 0.5) is 0 Å². The molecule has 0 atom stereocenters. The van der Waals surface area contributed by atoms with Crippen LogP contribution in [0.3, 0.4) is 0 Å². The summed E-state index contributed by atoms with van der Waals surface area (Å²) in [5.41, 5.74) is 0. The first-order valence-electron chi connectivity index (χ1n) is 0.711. The third-order valence-electron chi connectivity index (χ3n) is 0. The SMILES string of the molecule is O=[O+][O-].[Na][Cl]. The van der Waals surface area contributed by atoms with Gasteiger partial charge in [-0.15, -0.1) is 0 Å². The van der Waals surface area contributed by atoms with Crippen molar-refractivity contribution in [3.05, 3.63) is 9.71 Å². The summed E-state index contributed by atoms with van der Waals surface area (Å²) in [5, 5.41) is 7.88. The Balaban J connectivity index is 0. The van der Waals surface area contributed by atoms with Gasteiger partial charge in [-0.05, 0) is 0 Å². The summed E-state index contributed by atoms with van der Waals surface area (Å²) in [6, 6.07) is 0. The molecule has 0 N–H and O–H groups in total. The Hall–Kier alpha value is 0.690. The van der Waals surface area contributed by atoms with Crippen molar-refractivity contribution in [2.45, 2.75) is 0 Å². The Morgan fingerprint density at radius 1 is 1.80 bits per heavy atom. The summed E-state index contributed by atoms with van der Waals surface area (Å²) in [4.78, 5) is 7.88. The van der Waals surface area contributed by atoms with E-state index in [4.69, 9.17) is 18.1 Å². The summed E-state index contributed by atoms with van der Waals surface area (Å²) >= 11 is 0.778. The van der Waals surface area contributed by atoms with Crippen molar-refractivity contribution in [3.63, 3.8) is 0 Å². The topological polar surface area (TPSA) is 51.4 Å². The van der Waals surface area contributed by atoms with Crippen molar-refractivity contribution in [3.8, 4) is 0 Å². The van der Waals surface area contributed by atoms with Gasteiger partial charge in [-0.25, -0.2) is 0 Å². The Kier molecular flexibility index (Phi) is 41.1. The van der Waals surface area contributed by atoms with Crippen molar-refractivity contribution in [1.82, 2.24) is 0 Å². The summed E-state index contributed by atoms with van der Waals surface area (Å²) in [5.74, 6) is 0. The molecule has 0 amide bonds. The molecule has 0 fully saturated rings. The maximum absolute atomic E-state index is 7.88. The summed E-state index contributed by atoms with van der Waals surface area (Å²) in [6.45, 7) is 0. The van der Waals surface area contributed by atoms with Crippen LogP contribution < -0.4 is 5.26 Å². The molecule has 0 aliphatic heterocycles. The van der Waals surface area contributed by atoms with Crippen LogP contribution in [0.2, 0.25) is 0 Å². The molecule has 0 unspecified atom stereocenters. The summed E-state index contributed by atoms with van der Waals surface area (Å²) in [6.07, 6.45) is 0. The molecule has 0 aromatic heterocycles. The van der Waals surface area contributed by atoms with Crippen LogP contribution in [0.5, 0.6) is 0 Å². The molecule has 0 aromatic rings. The van der Waals surface area contributed by atoms with Crippen molar-refractivity contribution >= 4 is 34.6 Å². The molecule has 0 aliphatic carbocycles. The molecule has 3 nitrogen and oxygen atoms in total. The van der Waals surface area contributed by atoms with Gasteiger partial charge in [-0.3, -0.25) is 0 Å². The molecule has 0 aliphatic rings. The minimum atomic E-state index is 0.778. The van der Waals surface area contributed by atoms with Crippen LogP contribution in [0.15, 0.2) is 0 Å². The minimum absolute atomic E-state index is 0.778. The standard InChI is InChI=1S/ClH.Na.O3/c;;1-3-2/h1H;;/q;+1;/p-1. The van der Waals surface area contributed by atoms with E-state index in [0.29, 0.717) is 0 Å². The van der Waals surface area contributed by atoms with Crippen LogP contribution in [0, 0.1) is 9.71 Å². The van der Waals surface area contributed by atoms with Crippen LogP contribution in [0.1, 0.15) is 0 Å². The average Bonchev–Trinajstić information content (AvgIpc) is 1.46. The molecule has 0 bridgehead atoms. The Labute approximate surface area is 49.5 Å². The third kappa shape index (κ3) is 71.3. The number of hydrogen-bond acceptors (Lipinski definition) is 2. The van der Waals surface area contributed by atoms with E-state index in [1.165, 1.54) is 0 Å². The second-order valence-corrected chi connectivity index (χ2v) is 0.0680. The molecule has 0 saturated heterocycles. The first-order chi connectivity index (χ1) is 2.41. The van der Waals surface area contributed by atoms with Gasteiger partial charge in [0.25, 0.3) is 0 Å². The zero-order chi connectivity index (χ0) is 4.71.